The zero-order chi connectivity index (χ0) is 15.0. The summed E-state index contributed by atoms with van der Waals surface area (Å²) in [4.78, 5) is 16.1. The average Bonchev–Trinajstić information content (AvgIpc) is 2.84. The van der Waals surface area contributed by atoms with E-state index in [9.17, 15) is 9.90 Å². The third-order valence-corrected chi connectivity index (χ3v) is 3.44. The number of hydrogen-bond acceptors (Lipinski definition) is 4. The molecule has 0 saturated carbocycles. The van der Waals surface area contributed by atoms with Crippen molar-refractivity contribution in [1.29, 1.82) is 0 Å². The molecule has 0 spiro atoms. The number of phenols is 1. The number of benzene rings is 1. The largest absolute Gasteiger partial charge is 0.507 e. The van der Waals surface area contributed by atoms with Gasteiger partial charge >= 0.3 is 5.97 Å². The van der Waals surface area contributed by atoms with Crippen molar-refractivity contribution >= 4 is 23.1 Å². The zero-order valence-corrected chi connectivity index (χ0v) is 11.8. The first-order valence-electron chi connectivity index (χ1n) is 6.16. The Labute approximate surface area is 125 Å². The van der Waals surface area contributed by atoms with Crippen molar-refractivity contribution < 1.29 is 14.6 Å². The minimum absolute atomic E-state index is 0.0875. The second-order valence-corrected chi connectivity index (χ2v) is 4.73. The second kappa shape index (κ2) is 5.10. The molecule has 0 saturated heterocycles. The Morgan fingerprint density at radius 2 is 2.05 bits per heavy atom. The number of aromatic hydroxyl groups is 1. The molecular weight excluding hydrogens is 292 g/mol. The minimum atomic E-state index is -0.494. The summed E-state index contributed by atoms with van der Waals surface area (Å²) >= 11 is 6.16. The highest BCUT2D eigenvalue weighted by atomic mass is 35.5. The number of rotatable bonds is 2. The quantitative estimate of drug-likeness (QED) is 0.739. The number of methoxy groups -OCH3 is 1. The first-order valence-corrected chi connectivity index (χ1v) is 6.54. The molecule has 0 aliphatic heterocycles. The van der Waals surface area contributed by atoms with Crippen molar-refractivity contribution in [2.24, 2.45) is 0 Å². The molecule has 0 bridgehead atoms. The normalized spacial score (nSPS) is 10.8. The van der Waals surface area contributed by atoms with E-state index in [4.69, 9.17) is 16.3 Å². The molecule has 3 rings (SSSR count). The first-order chi connectivity index (χ1) is 10.1. The Kier molecular flexibility index (Phi) is 3.27. The Hall–Kier alpha value is -2.53. The average molecular weight is 303 g/mol. The molecule has 0 unspecified atom stereocenters. The maximum absolute atomic E-state index is 11.8. The lowest BCUT2D eigenvalue weighted by atomic mass is 10.2. The lowest BCUT2D eigenvalue weighted by Crippen LogP contribution is -2.03. The highest BCUT2D eigenvalue weighted by molar-refractivity contribution is 6.34. The number of nitrogens with zero attached hydrogens (tertiary/aromatic N) is 2. The second-order valence-electron chi connectivity index (χ2n) is 4.38. The van der Waals surface area contributed by atoms with Crippen molar-refractivity contribution in [3.63, 3.8) is 0 Å². The number of carbonyl (C=O) groups excluding carboxylic acids is 1. The Morgan fingerprint density at radius 3 is 2.76 bits per heavy atom. The van der Waals surface area contributed by atoms with E-state index in [0.29, 0.717) is 22.5 Å². The van der Waals surface area contributed by atoms with Gasteiger partial charge in [-0.3, -0.25) is 4.40 Å². The van der Waals surface area contributed by atoms with Crippen LogP contribution in [0.5, 0.6) is 5.75 Å². The fourth-order valence-corrected chi connectivity index (χ4v) is 2.50. The molecule has 6 heteroatoms. The summed E-state index contributed by atoms with van der Waals surface area (Å²) < 4.78 is 6.41. The Morgan fingerprint density at radius 1 is 1.29 bits per heavy atom. The van der Waals surface area contributed by atoms with E-state index >= 15 is 0 Å². The molecule has 1 aromatic carbocycles. The highest BCUT2D eigenvalue weighted by Crippen LogP contribution is 2.32. The van der Waals surface area contributed by atoms with E-state index in [1.807, 2.05) is 0 Å². The number of esters is 1. The van der Waals surface area contributed by atoms with E-state index < -0.39 is 5.97 Å². The van der Waals surface area contributed by atoms with Gasteiger partial charge in [0.15, 0.2) is 5.15 Å². The molecule has 2 heterocycles. The lowest BCUT2D eigenvalue weighted by molar-refractivity contribution is 0.0602. The van der Waals surface area contributed by atoms with Crippen LogP contribution in [0.2, 0.25) is 5.15 Å². The molecule has 0 radical (unpaired) electrons. The Balaban J connectivity index is 2.33. The van der Waals surface area contributed by atoms with E-state index in [0.717, 1.165) is 0 Å². The van der Waals surface area contributed by atoms with Gasteiger partial charge in [0.2, 0.25) is 0 Å². The summed E-state index contributed by atoms with van der Waals surface area (Å²) in [5.74, 6) is 0.0506. The van der Waals surface area contributed by atoms with Crippen LogP contribution in [0.3, 0.4) is 0 Å². The van der Waals surface area contributed by atoms with E-state index in [1.54, 1.807) is 47.0 Å². The number of pyridine rings is 1. The topological polar surface area (TPSA) is 63.8 Å². The van der Waals surface area contributed by atoms with Crippen molar-refractivity contribution in [3.8, 4) is 17.1 Å². The van der Waals surface area contributed by atoms with Gasteiger partial charge in [-0.25, -0.2) is 9.78 Å². The summed E-state index contributed by atoms with van der Waals surface area (Å²) in [6.45, 7) is 0. The number of fused-ring (bicyclic) bond motifs is 1. The molecule has 1 N–H and O–H groups in total. The predicted molar refractivity (Wildman–Crippen MR) is 78.6 cm³/mol. The summed E-state index contributed by atoms with van der Waals surface area (Å²) in [6.07, 6.45) is 1.72. The van der Waals surface area contributed by atoms with Crippen LogP contribution in [0.1, 0.15) is 10.4 Å². The standard InChI is InChI=1S/C15H11ClN2O3/c1-21-15(20)10-6-4-8-18-12(10)13(16)17-14(18)9-5-2-3-7-11(9)19/h2-8,19H,1H3. The van der Waals surface area contributed by atoms with Gasteiger partial charge in [-0.15, -0.1) is 0 Å². The van der Waals surface area contributed by atoms with Crippen LogP contribution >= 0.6 is 11.6 Å². The van der Waals surface area contributed by atoms with Crippen LogP contribution in [0.25, 0.3) is 16.9 Å². The summed E-state index contributed by atoms with van der Waals surface area (Å²) in [5, 5.41) is 10.1. The van der Waals surface area contributed by atoms with Crippen LogP contribution in [-0.4, -0.2) is 27.6 Å². The molecule has 0 atom stereocenters. The third kappa shape index (κ3) is 2.11. The lowest BCUT2D eigenvalue weighted by Gasteiger charge is -2.05. The van der Waals surface area contributed by atoms with Crippen molar-refractivity contribution in [1.82, 2.24) is 9.38 Å². The van der Waals surface area contributed by atoms with Crippen molar-refractivity contribution in [2.75, 3.05) is 7.11 Å². The van der Waals surface area contributed by atoms with Crippen molar-refractivity contribution in [3.05, 3.63) is 53.3 Å². The van der Waals surface area contributed by atoms with E-state index in [-0.39, 0.29) is 10.9 Å². The van der Waals surface area contributed by atoms with Gasteiger partial charge in [-0.1, -0.05) is 23.7 Å². The van der Waals surface area contributed by atoms with Crippen LogP contribution in [-0.2, 0) is 4.74 Å². The van der Waals surface area contributed by atoms with Gasteiger partial charge in [0, 0.05) is 6.20 Å². The maximum atomic E-state index is 11.8. The molecule has 0 aliphatic rings. The van der Waals surface area contributed by atoms with Crippen LogP contribution in [0, 0.1) is 0 Å². The number of hydrogen-bond donors (Lipinski definition) is 1. The SMILES string of the molecule is COC(=O)c1cccn2c(-c3ccccc3O)nc(Cl)c12. The number of imidazole rings is 1. The van der Waals surface area contributed by atoms with Crippen molar-refractivity contribution in [2.45, 2.75) is 0 Å². The summed E-state index contributed by atoms with van der Waals surface area (Å²) in [6, 6.07) is 10.1. The maximum Gasteiger partial charge on any atom is 0.340 e. The smallest absolute Gasteiger partial charge is 0.340 e. The molecule has 0 aliphatic carbocycles. The summed E-state index contributed by atoms with van der Waals surface area (Å²) in [5.41, 5.74) is 1.30. The molecule has 5 nitrogen and oxygen atoms in total. The molecule has 106 valence electrons. The highest BCUT2D eigenvalue weighted by Gasteiger charge is 2.19. The minimum Gasteiger partial charge on any atom is -0.507 e. The van der Waals surface area contributed by atoms with Gasteiger partial charge in [-0.05, 0) is 24.3 Å². The number of para-hydroxylation sites is 1. The number of phenolic OH excluding ortho intramolecular Hbond substituents is 1. The fraction of sp³-hybridized carbons (Fsp3) is 0.0667. The molecule has 3 aromatic rings. The van der Waals surface area contributed by atoms with Gasteiger partial charge in [0.05, 0.1) is 23.8 Å². The molecule has 21 heavy (non-hydrogen) atoms. The van der Waals surface area contributed by atoms with Gasteiger partial charge in [0.1, 0.15) is 11.6 Å². The van der Waals surface area contributed by atoms with Gasteiger partial charge in [0.25, 0.3) is 0 Å². The van der Waals surface area contributed by atoms with E-state index in [2.05, 4.69) is 4.98 Å². The van der Waals surface area contributed by atoms with Gasteiger partial charge < -0.3 is 9.84 Å². The molecular formula is C15H11ClN2O3. The fourth-order valence-electron chi connectivity index (χ4n) is 2.22. The molecule has 0 fully saturated rings. The number of carbonyl (C=O) groups is 1. The predicted octanol–water partition coefficient (Wildman–Crippen LogP) is 3.15. The van der Waals surface area contributed by atoms with E-state index in [1.165, 1.54) is 7.11 Å². The van der Waals surface area contributed by atoms with Crippen LogP contribution < -0.4 is 0 Å². The van der Waals surface area contributed by atoms with Crippen LogP contribution in [0.4, 0.5) is 0 Å². The number of aromatic nitrogens is 2. The monoisotopic (exact) mass is 302 g/mol. The summed E-state index contributed by atoms with van der Waals surface area (Å²) in [7, 11) is 1.31. The molecule has 0 amide bonds. The molecule has 2 aromatic heterocycles. The third-order valence-electron chi connectivity index (χ3n) is 3.17. The number of halogens is 1. The van der Waals surface area contributed by atoms with Crippen LogP contribution in [0.15, 0.2) is 42.6 Å². The first kappa shape index (κ1) is 13.5. The zero-order valence-electron chi connectivity index (χ0n) is 11.1. The van der Waals surface area contributed by atoms with Gasteiger partial charge in [-0.2, -0.15) is 0 Å². The number of ether oxygens (including phenoxy) is 1. The Bertz CT molecular complexity index is 842.